The zero-order valence-corrected chi connectivity index (χ0v) is 28.4. The molecule has 0 amide bonds. The number of aromatic nitrogens is 1. The lowest BCUT2D eigenvalue weighted by molar-refractivity contribution is 1.18. The van der Waals surface area contributed by atoms with E-state index in [4.69, 9.17) is 0 Å². The molecule has 0 radical (unpaired) electrons. The molecule has 238 valence electrons. The van der Waals surface area contributed by atoms with Gasteiger partial charge < -0.3 is 9.47 Å². The molecular formula is C48H30N2S. The Morgan fingerprint density at radius 1 is 0.373 bits per heavy atom. The number of rotatable bonds is 3. The van der Waals surface area contributed by atoms with Crippen LogP contribution in [0.1, 0.15) is 0 Å². The molecule has 11 rings (SSSR count). The summed E-state index contributed by atoms with van der Waals surface area (Å²) in [5.74, 6) is 0. The number of benzene rings is 8. The lowest BCUT2D eigenvalue weighted by Crippen LogP contribution is -2.10. The predicted molar refractivity (Wildman–Crippen MR) is 218 cm³/mol. The first-order chi connectivity index (χ1) is 25.3. The third-order valence-electron chi connectivity index (χ3n) is 10.5. The maximum Gasteiger partial charge on any atom is 0.0547 e. The molecule has 10 aromatic rings. The van der Waals surface area contributed by atoms with Gasteiger partial charge in [-0.05, 0) is 83.4 Å². The highest BCUT2D eigenvalue weighted by Crippen LogP contribution is 2.54. The second-order valence-electron chi connectivity index (χ2n) is 13.3. The molecule has 1 aliphatic rings. The first kappa shape index (κ1) is 28.4. The van der Waals surface area contributed by atoms with E-state index in [1.807, 2.05) is 11.3 Å². The monoisotopic (exact) mass is 666 g/mol. The topological polar surface area (TPSA) is 8.17 Å². The molecule has 0 spiro atoms. The summed E-state index contributed by atoms with van der Waals surface area (Å²) >= 11 is 1.86. The summed E-state index contributed by atoms with van der Waals surface area (Å²) < 4.78 is 5.12. The van der Waals surface area contributed by atoms with Crippen molar-refractivity contribution in [2.75, 3.05) is 4.90 Å². The van der Waals surface area contributed by atoms with Gasteiger partial charge in [0.05, 0.1) is 22.4 Å². The molecule has 0 saturated carbocycles. The van der Waals surface area contributed by atoms with E-state index in [-0.39, 0.29) is 0 Å². The Balaban J connectivity index is 1.18. The molecule has 3 heteroatoms. The third-order valence-corrected chi connectivity index (χ3v) is 11.7. The van der Waals surface area contributed by atoms with Crippen molar-refractivity contribution in [2.45, 2.75) is 0 Å². The Bertz CT molecular complexity index is 2980. The van der Waals surface area contributed by atoms with E-state index >= 15 is 0 Å². The molecular weight excluding hydrogens is 637 g/mol. The van der Waals surface area contributed by atoms with E-state index in [0.717, 1.165) is 11.4 Å². The maximum atomic E-state index is 2.46. The number of hydrogen-bond donors (Lipinski definition) is 0. The molecule has 0 bridgehead atoms. The molecule has 3 heterocycles. The average Bonchev–Trinajstić information content (AvgIpc) is 3.70. The van der Waals surface area contributed by atoms with E-state index in [9.17, 15) is 0 Å². The van der Waals surface area contributed by atoms with Crippen LogP contribution in [-0.2, 0) is 0 Å². The van der Waals surface area contributed by atoms with Crippen molar-refractivity contribution in [2.24, 2.45) is 0 Å². The van der Waals surface area contributed by atoms with Gasteiger partial charge in [-0.2, -0.15) is 0 Å². The van der Waals surface area contributed by atoms with Gasteiger partial charge in [0.25, 0.3) is 0 Å². The van der Waals surface area contributed by atoms with Crippen LogP contribution < -0.4 is 4.90 Å². The number of thiophene rings is 1. The fraction of sp³-hybridized carbons (Fsp3) is 0. The second-order valence-corrected chi connectivity index (χ2v) is 14.4. The van der Waals surface area contributed by atoms with Crippen LogP contribution in [0.2, 0.25) is 0 Å². The summed E-state index contributed by atoms with van der Waals surface area (Å²) in [7, 11) is 0. The molecule has 51 heavy (non-hydrogen) atoms. The molecule has 8 aromatic carbocycles. The largest absolute Gasteiger partial charge is 0.309 e. The Morgan fingerprint density at radius 2 is 1.04 bits per heavy atom. The highest BCUT2D eigenvalue weighted by atomic mass is 32.1. The van der Waals surface area contributed by atoms with Gasteiger partial charge in [-0.1, -0.05) is 115 Å². The van der Waals surface area contributed by atoms with E-state index in [2.05, 4.69) is 191 Å². The van der Waals surface area contributed by atoms with Crippen molar-refractivity contribution in [1.82, 2.24) is 4.57 Å². The number of hydrogen-bond acceptors (Lipinski definition) is 2. The highest BCUT2D eigenvalue weighted by molar-refractivity contribution is 7.25. The number of nitrogens with zero attached hydrogens (tertiary/aromatic N) is 2. The van der Waals surface area contributed by atoms with E-state index in [1.165, 1.54) is 86.7 Å². The SMILES string of the molecule is c1ccc(N2c3ccccc3-c3ccc4c(c3-c3ccccc32)c2ccccc2n4-c2cccc(-c3ccc4sc5ccccc5c4c3)c2)cc1. The minimum atomic E-state index is 1.15. The zero-order chi connectivity index (χ0) is 33.5. The zero-order valence-electron chi connectivity index (χ0n) is 27.6. The summed E-state index contributed by atoms with van der Waals surface area (Å²) in [6, 6.07) is 66.8. The van der Waals surface area contributed by atoms with Gasteiger partial charge in [-0.15, -0.1) is 11.3 Å². The number of fused-ring (bicyclic) bond motifs is 12. The first-order valence-electron chi connectivity index (χ1n) is 17.4. The van der Waals surface area contributed by atoms with Crippen LogP contribution in [0.3, 0.4) is 0 Å². The minimum absolute atomic E-state index is 1.15. The maximum absolute atomic E-state index is 2.46. The summed E-state index contributed by atoms with van der Waals surface area (Å²) in [6.07, 6.45) is 0. The average molecular weight is 667 g/mol. The van der Waals surface area contributed by atoms with Gasteiger partial charge in [0.2, 0.25) is 0 Å². The normalized spacial score (nSPS) is 12.3. The van der Waals surface area contributed by atoms with Crippen LogP contribution in [0.25, 0.3) is 81.0 Å². The molecule has 0 unspecified atom stereocenters. The first-order valence-corrected chi connectivity index (χ1v) is 18.3. The summed E-state index contributed by atoms with van der Waals surface area (Å²) in [5.41, 5.74) is 14.5. The van der Waals surface area contributed by atoms with Gasteiger partial charge >= 0.3 is 0 Å². The molecule has 0 fully saturated rings. The number of para-hydroxylation sites is 4. The molecule has 2 nitrogen and oxygen atoms in total. The number of anilines is 3. The van der Waals surface area contributed by atoms with Crippen LogP contribution in [0.5, 0.6) is 0 Å². The standard InChI is InChI=1S/C48H30N2S/c1-2-14-33(15-3-1)49-41-21-8-4-17-35(41)37-26-27-44-48(47(37)38-19-5-9-22-42(38)49)39-20-6-10-23-43(39)50(44)34-16-12-13-31(29-34)32-25-28-46-40(30-32)36-18-7-11-24-45(36)51-46/h1-30H. The summed E-state index contributed by atoms with van der Waals surface area (Å²) in [5, 5.41) is 5.17. The lowest BCUT2D eigenvalue weighted by Gasteiger charge is -2.27. The fourth-order valence-electron chi connectivity index (χ4n) is 8.33. The Hall–Kier alpha value is -6.42. The van der Waals surface area contributed by atoms with Crippen molar-refractivity contribution in [3.05, 3.63) is 182 Å². The highest BCUT2D eigenvalue weighted by Gasteiger charge is 2.29. The fourth-order valence-corrected chi connectivity index (χ4v) is 9.42. The van der Waals surface area contributed by atoms with Gasteiger partial charge in [-0.3, -0.25) is 0 Å². The van der Waals surface area contributed by atoms with Crippen molar-refractivity contribution in [3.63, 3.8) is 0 Å². The predicted octanol–water partition coefficient (Wildman–Crippen LogP) is 13.9. The van der Waals surface area contributed by atoms with E-state index in [0.29, 0.717) is 0 Å². The quantitative estimate of drug-likeness (QED) is 0.182. The van der Waals surface area contributed by atoms with Gasteiger partial charge in [-0.25, -0.2) is 0 Å². The third kappa shape index (κ3) is 4.22. The van der Waals surface area contributed by atoms with Gasteiger partial charge in [0, 0.05) is 59.0 Å². The summed E-state index contributed by atoms with van der Waals surface area (Å²) in [6.45, 7) is 0. The van der Waals surface area contributed by atoms with E-state index in [1.54, 1.807) is 0 Å². The molecule has 2 aromatic heterocycles. The van der Waals surface area contributed by atoms with Crippen molar-refractivity contribution in [3.8, 4) is 39.1 Å². The van der Waals surface area contributed by atoms with Crippen LogP contribution >= 0.6 is 11.3 Å². The van der Waals surface area contributed by atoms with Gasteiger partial charge in [0.1, 0.15) is 0 Å². The van der Waals surface area contributed by atoms with Crippen LogP contribution in [0.15, 0.2) is 182 Å². The smallest absolute Gasteiger partial charge is 0.0547 e. The van der Waals surface area contributed by atoms with Crippen molar-refractivity contribution >= 4 is 70.4 Å². The van der Waals surface area contributed by atoms with Crippen LogP contribution in [0.4, 0.5) is 17.1 Å². The molecule has 0 N–H and O–H groups in total. The second kappa shape index (κ2) is 11.0. The van der Waals surface area contributed by atoms with Gasteiger partial charge in [0.15, 0.2) is 0 Å². The minimum Gasteiger partial charge on any atom is -0.309 e. The van der Waals surface area contributed by atoms with Crippen molar-refractivity contribution < 1.29 is 0 Å². The lowest BCUT2D eigenvalue weighted by atomic mass is 9.90. The van der Waals surface area contributed by atoms with Crippen molar-refractivity contribution in [1.29, 1.82) is 0 Å². The molecule has 0 atom stereocenters. The molecule has 0 aliphatic carbocycles. The van der Waals surface area contributed by atoms with Crippen LogP contribution in [-0.4, -0.2) is 4.57 Å². The molecule has 0 saturated heterocycles. The molecule has 1 aliphatic heterocycles. The van der Waals surface area contributed by atoms with Crippen LogP contribution in [0, 0.1) is 0 Å². The Labute approximate surface area is 299 Å². The van der Waals surface area contributed by atoms with E-state index < -0.39 is 0 Å². The Morgan fingerprint density at radius 3 is 1.92 bits per heavy atom. The Kier molecular flexibility index (Phi) is 6.16. The summed E-state index contributed by atoms with van der Waals surface area (Å²) in [4.78, 5) is 2.42.